The molecule has 160 valence electrons. The molecule has 1 atom stereocenters. The minimum atomic E-state index is -0.0909. The Labute approximate surface area is 182 Å². The molecule has 1 aliphatic rings. The monoisotopic (exact) mass is 430 g/mol. The van der Waals surface area contributed by atoms with Gasteiger partial charge in [-0.15, -0.1) is 0 Å². The fourth-order valence-electron chi connectivity index (χ4n) is 3.75. The summed E-state index contributed by atoms with van der Waals surface area (Å²) in [4.78, 5) is 27.2. The summed E-state index contributed by atoms with van der Waals surface area (Å²) in [6.07, 6.45) is 3.04. The van der Waals surface area contributed by atoms with E-state index in [1.165, 1.54) is 0 Å². The molecule has 1 fully saturated rings. The third kappa shape index (κ3) is 5.66. The Morgan fingerprint density at radius 1 is 1.17 bits per heavy atom. The molecular formula is C23H27ClN2O4. The Kier molecular flexibility index (Phi) is 7.57. The van der Waals surface area contributed by atoms with Crippen molar-refractivity contribution in [2.45, 2.75) is 25.7 Å². The van der Waals surface area contributed by atoms with Crippen LogP contribution in [0.4, 0.5) is 5.69 Å². The summed E-state index contributed by atoms with van der Waals surface area (Å²) in [6.45, 7) is 1.39. The van der Waals surface area contributed by atoms with Crippen molar-refractivity contribution in [2.75, 3.05) is 32.6 Å². The van der Waals surface area contributed by atoms with Crippen LogP contribution in [0.15, 0.2) is 42.5 Å². The first kappa shape index (κ1) is 22.0. The number of piperidine rings is 1. The van der Waals surface area contributed by atoms with Gasteiger partial charge >= 0.3 is 0 Å². The van der Waals surface area contributed by atoms with E-state index in [1.54, 1.807) is 44.6 Å². The first-order chi connectivity index (χ1) is 14.5. The quantitative estimate of drug-likeness (QED) is 0.695. The van der Waals surface area contributed by atoms with Gasteiger partial charge in [0.25, 0.3) is 5.91 Å². The molecule has 3 rings (SSSR count). The molecule has 0 radical (unpaired) electrons. The summed E-state index contributed by atoms with van der Waals surface area (Å²) in [5.41, 5.74) is 1.19. The topological polar surface area (TPSA) is 67.9 Å². The Hall–Kier alpha value is -2.73. The van der Waals surface area contributed by atoms with E-state index in [-0.39, 0.29) is 11.8 Å². The van der Waals surface area contributed by atoms with Crippen LogP contribution < -0.4 is 14.8 Å². The lowest BCUT2D eigenvalue weighted by atomic mass is 9.92. The second kappa shape index (κ2) is 10.3. The number of methoxy groups -OCH3 is 2. The van der Waals surface area contributed by atoms with Crippen molar-refractivity contribution in [3.63, 3.8) is 0 Å². The number of nitrogens with one attached hydrogen (secondary N) is 1. The number of benzene rings is 2. The molecule has 1 unspecified atom stereocenters. The Bertz CT molecular complexity index is 903. The summed E-state index contributed by atoms with van der Waals surface area (Å²) < 4.78 is 10.5. The fraction of sp³-hybridized carbons (Fsp3) is 0.391. The maximum absolute atomic E-state index is 12.9. The number of nitrogens with zero attached hydrogens (tertiary/aromatic N) is 1. The standard InChI is InChI=1S/C23H27ClN2O4/c1-29-19-7-3-6-17(13-19)23(28)26-12-4-5-16(15-26)8-11-22(27)25-20-14-18(24)9-10-21(20)30-2/h3,6-7,9-10,13-14,16H,4-5,8,11-12,15H2,1-2H3,(H,25,27). The highest BCUT2D eigenvalue weighted by Gasteiger charge is 2.25. The second-order valence-corrected chi connectivity index (χ2v) is 7.86. The molecule has 2 amide bonds. The molecule has 1 heterocycles. The molecule has 30 heavy (non-hydrogen) atoms. The SMILES string of the molecule is COc1cccc(C(=O)N2CCCC(CCC(=O)Nc3cc(Cl)ccc3OC)C2)c1. The predicted octanol–water partition coefficient (Wildman–Crippen LogP) is 4.63. The van der Waals surface area contributed by atoms with E-state index in [1.807, 2.05) is 17.0 Å². The molecule has 2 aromatic carbocycles. The largest absolute Gasteiger partial charge is 0.497 e. The Morgan fingerprint density at radius 3 is 2.77 bits per heavy atom. The lowest BCUT2D eigenvalue weighted by molar-refractivity contribution is -0.116. The third-order valence-corrected chi connectivity index (χ3v) is 5.57. The van der Waals surface area contributed by atoms with E-state index in [0.29, 0.717) is 46.7 Å². The predicted molar refractivity (Wildman–Crippen MR) is 117 cm³/mol. The van der Waals surface area contributed by atoms with Crippen LogP contribution in [0.25, 0.3) is 0 Å². The highest BCUT2D eigenvalue weighted by atomic mass is 35.5. The van der Waals surface area contributed by atoms with Crippen LogP contribution in [-0.2, 0) is 4.79 Å². The zero-order chi connectivity index (χ0) is 21.5. The molecule has 0 aliphatic carbocycles. The molecule has 0 saturated carbocycles. The molecule has 1 saturated heterocycles. The van der Waals surface area contributed by atoms with Crippen molar-refractivity contribution >= 4 is 29.1 Å². The van der Waals surface area contributed by atoms with Crippen molar-refractivity contribution in [1.82, 2.24) is 4.90 Å². The number of hydrogen-bond acceptors (Lipinski definition) is 4. The molecule has 7 heteroatoms. The van der Waals surface area contributed by atoms with E-state index in [0.717, 1.165) is 25.8 Å². The van der Waals surface area contributed by atoms with Gasteiger partial charge in [0.2, 0.25) is 5.91 Å². The average molecular weight is 431 g/mol. The summed E-state index contributed by atoms with van der Waals surface area (Å²) in [5, 5.41) is 3.40. The van der Waals surface area contributed by atoms with Gasteiger partial charge in [-0.05, 0) is 61.6 Å². The van der Waals surface area contributed by atoms with Gasteiger partial charge < -0.3 is 19.7 Å². The van der Waals surface area contributed by atoms with Gasteiger partial charge in [-0.3, -0.25) is 9.59 Å². The van der Waals surface area contributed by atoms with Gasteiger partial charge in [0.15, 0.2) is 0 Å². The lowest BCUT2D eigenvalue weighted by Crippen LogP contribution is -2.40. The summed E-state index contributed by atoms with van der Waals surface area (Å²) in [7, 11) is 3.14. The molecule has 1 N–H and O–H groups in total. The van der Waals surface area contributed by atoms with Crippen molar-refractivity contribution in [3.05, 3.63) is 53.1 Å². The molecule has 2 aromatic rings. The summed E-state index contributed by atoms with van der Waals surface area (Å²) in [6, 6.07) is 12.3. The first-order valence-electron chi connectivity index (χ1n) is 10.1. The van der Waals surface area contributed by atoms with Gasteiger partial charge in [0.05, 0.1) is 19.9 Å². The number of hydrogen-bond donors (Lipinski definition) is 1. The molecule has 0 spiro atoms. The van der Waals surface area contributed by atoms with Crippen LogP contribution in [-0.4, -0.2) is 44.0 Å². The molecule has 0 bridgehead atoms. The third-order valence-electron chi connectivity index (χ3n) is 5.34. The van der Waals surface area contributed by atoms with E-state index in [4.69, 9.17) is 21.1 Å². The number of likely N-dealkylation sites (tertiary alicyclic amines) is 1. The number of anilines is 1. The number of ether oxygens (including phenoxy) is 2. The van der Waals surface area contributed by atoms with Crippen molar-refractivity contribution in [2.24, 2.45) is 5.92 Å². The van der Waals surface area contributed by atoms with Crippen LogP contribution in [0, 0.1) is 5.92 Å². The van der Waals surface area contributed by atoms with Gasteiger partial charge in [-0.2, -0.15) is 0 Å². The molecule has 1 aliphatic heterocycles. The number of amides is 2. The zero-order valence-electron chi connectivity index (χ0n) is 17.3. The highest BCUT2D eigenvalue weighted by molar-refractivity contribution is 6.31. The number of carbonyl (C=O) groups is 2. The van der Waals surface area contributed by atoms with Gasteiger partial charge in [0.1, 0.15) is 11.5 Å². The Morgan fingerprint density at radius 2 is 2.00 bits per heavy atom. The molecule has 6 nitrogen and oxygen atoms in total. The maximum atomic E-state index is 12.9. The normalized spacial score (nSPS) is 16.1. The average Bonchev–Trinajstić information content (AvgIpc) is 2.77. The maximum Gasteiger partial charge on any atom is 0.253 e. The highest BCUT2D eigenvalue weighted by Crippen LogP contribution is 2.28. The smallest absolute Gasteiger partial charge is 0.253 e. The first-order valence-corrected chi connectivity index (χ1v) is 10.4. The van der Waals surface area contributed by atoms with Crippen LogP contribution in [0.2, 0.25) is 5.02 Å². The number of carbonyl (C=O) groups excluding carboxylic acids is 2. The van der Waals surface area contributed by atoms with E-state index < -0.39 is 0 Å². The van der Waals surface area contributed by atoms with Crippen molar-refractivity contribution in [1.29, 1.82) is 0 Å². The van der Waals surface area contributed by atoms with Crippen LogP contribution in [0.1, 0.15) is 36.0 Å². The number of halogens is 1. The van der Waals surface area contributed by atoms with Gasteiger partial charge in [0, 0.05) is 30.1 Å². The summed E-state index contributed by atoms with van der Waals surface area (Å²) in [5.74, 6) is 1.45. The lowest BCUT2D eigenvalue weighted by Gasteiger charge is -2.33. The Balaban J connectivity index is 1.54. The summed E-state index contributed by atoms with van der Waals surface area (Å²) >= 11 is 6.02. The van der Waals surface area contributed by atoms with Crippen LogP contribution in [0.3, 0.4) is 0 Å². The van der Waals surface area contributed by atoms with Gasteiger partial charge in [-0.1, -0.05) is 17.7 Å². The van der Waals surface area contributed by atoms with E-state index in [2.05, 4.69) is 5.32 Å². The van der Waals surface area contributed by atoms with Crippen molar-refractivity contribution in [3.8, 4) is 11.5 Å². The second-order valence-electron chi connectivity index (χ2n) is 7.42. The molecular weight excluding hydrogens is 404 g/mol. The van der Waals surface area contributed by atoms with Crippen LogP contribution >= 0.6 is 11.6 Å². The minimum Gasteiger partial charge on any atom is -0.497 e. The zero-order valence-corrected chi connectivity index (χ0v) is 18.1. The number of rotatable bonds is 7. The van der Waals surface area contributed by atoms with Crippen LogP contribution in [0.5, 0.6) is 11.5 Å². The molecule has 0 aromatic heterocycles. The van der Waals surface area contributed by atoms with E-state index >= 15 is 0 Å². The minimum absolute atomic E-state index is 0.00622. The van der Waals surface area contributed by atoms with Crippen molar-refractivity contribution < 1.29 is 19.1 Å². The fourth-order valence-corrected chi connectivity index (χ4v) is 3.92. The van der Waals surface area contributed by atoms with E-state index in [9.17, 15) is 9.59 Å². The van der Waals surface area contributed by atoms with Gasteiger partial charge in [-0.25, -0.2) is 0 Å².